The van der Waals surface area contributed by atoms with Gasteiger partial charge in [-0.25, -0.2) is 4.79 Å². The van der Waals surface area contributed by atoms with E-state index in [1.807, 2.05) is 13.0 Å². The normalized spacial score (nSPS) is 48.4. The van der Waals surface area contributed by atoms with Gasteiger partial charge >= 0.3 is 5.97 Å². The van der Waals surface area contributed by atoms with E-state index < -0.39 is 48.0 Å². The van der Waals surface area contributed by atoms with Crippen LogP contribution in [-0.4, -0.2) is 101 Å². The first-order valence-electron chi connectivity index (χ1n) is 23.3. The van der Waals surface area contributed by atoms with Crippen LogP contribution in [0.1, 0.15) is 123 Å². The van der Waals surface area contributed by atoms with Crippen LogP contribution in [0.4, 0.5) is 0 Å². The van der Waals surface area contributed by atoms with Gasteiger partial charge in [0.25, 0.3) is 0 Å². The van der Waals surface area contributed by atoms with E-state index in [-0.39, 0.29) is 78.7 Å². The first-order valence-corrected chi connectivity index (χ1v) is 23.3. The Labute approximate surface area is 340 Å². The summed E-state index contributed by atoms with van der Waals surface area (Å²) in [6, 6.07) is 0. The summed E-state index contributed by atoms with van der Waals surface area (Å²) < 4.78 is 21.4. The third kappa shape index (κ3) is 8.44. The Morgan fingerprint density at radius 2 is 1.75 bits per heavy atom. The number of esters is 1. The van der Waals surface area contributed by atoms with Crippen LogP contribution in [0.2, 0.25) is 0 Å². The molecule has 2 bridgehead atoms. The van der Waals surface area contributed by atoms with Crippen LogP contribution in [0.25, 0.3) is 0 Å². The number of carbonyl (C=O) groups excluding carboxylic acids is 2. The third-order valence-electron chi connectivity index (χ3n) is 17.0. The number of fused-ring (bicyclic) bond motifs is 4. The Hall–Kier alpha value is -1.48. The number of rotatable bonds is 8. The number of Topliss-reactive ketones (excluding diaryl/α,β-unsaturated/α-hetero) is 1. The van der Waals surface area contributed by atoms with Crippen LogP contribution >= 0.6 is 0 Å². The zero-order chi connectivity index (χ0) is 40.0. The number of piperidine rings is 2. The van der Waals surface area contributed by atoms with E-state index >= 15 is 0 Å². The molecule has 5 heterocycles. The number of allylic oxidation sites excluding steroid dienone is 1. The summed E-state index contributed by atoms with van der Waals surface area (Å²) in [5, 5.41) is 39.8. The predicted molar refractivity (Wildman–Crippen MR) is 214 cm³/mol. The van der Waals surface area contributed by atoms with Crippen LogP contribution in [0, 0.1) is 59.2 Å². The standard InChI is InChI=1S/C45H74N4O8/c1-3-30(26-8-4-5-9-26)44(54)56-36-21-34-40(53)39-35(52)20-29(23-50)55-42(39)38-33(19-24-7-6-10-28(51)18-24)31-15-16-48-43(47)32(31)13-12-27(45(36,2)57-41(34)38)17-25-11-14-37(46)49-22-25/h3,24-29,31-34,36-43,48-51,53H,4-23,46-47H2,1-2H3/p+1. The molecule has 0 aromatic heterocycles. The Kier molecular flexibility index (Phi) is 13.2. The second kappa shape index (κ2) is 17.9. The summed E-state index contributed by atoms with van der Waals surface area (Å²) in [5.74, 6) is -0.399. The number of hydrogen-bond acceptors (Lipinski definition) is 11. The minimum atomic E-state index is -1.04. The third-order valence-corrected chi connectivity index (χ3v) is 17.0. The first-order chi connectivity index (χ1) is 27.5. The van der Waals surface area contributed by atoms with Crippen molar-refractivity contribution < 1.29 is 44.4 Å². The van der Waals surface area contributed by atoms with Gasteiger partial charge in [-0.3, -0.25) is 10.5 Å². The molecule has 0 spiro atoms. The summed E-state index contributed by atoms with van der Waals surface area (Å²) in [6.45, 7) is 5.60. The maximum atomic E-state index is 14.4. The zero-order valence-corrected chi connectivity index (χ0v) is 34.7. The Balaban J connectivity index is 1.24. The van der Waals surface area contributed by atoms with Gasteiger partial charge in [-0.2, -0.15) is 0 Å². The van der Waals surface area contributed by atoms with Gasteiger partial charge in [0, 0.05) is 36.2 Å². The van der Waals surface area contributed by atoms with Crippen molar-refractivity contribution in [3.63, 3.8) is 0 Å². The number of aliphatic hydroxyl groups excluding tert-OH is 3. The number of ether oxygens (including phenoxy) is 3. The van der Waals surface area contributed by atoms with Gasteiger partial charge in [0.05, 0.1) is 55.8 Å². The summed E-state index contributed by atoms with van der Waals surface area (Å²) in [7, 11) is 0. The van der Waals surface area contributed by atoms with Gasteiger partial charge in [-0.15, -0.1) is 0 Å². The van der Waals surface area contributed by atoms with Crippen LogP contribution < -0.4 is 22.1 Å². The molecule has 10 N–H and O–H groups in total. The Morgan fingerprint density at radius 1 is 0.947 bits per heavy atom. The number of hydrogen-bond donors (Lipinski definition) is 7. The molecule has 57 heavy (non-hydrogen) atoms. The van der Waals surface area contributed by atoms with E-state index in [9.17, 15) is 24.9 Å². The van der Waals surface area contributed by atoms with Crippen molar-refractivity contribution in [2.45, 2.75) is 178 Å². The fourth-order valence-electron chi connectivity index (χ4n) is 14.0. The lowest BCUT2D eigenvalue weighted by molar-refractivity contribution is -0.703. The molecule has 18 atom stereocenters. The fourth-order valence-corrected chi connectivity index (χ4v) is 14.0. The van der Waals surface area contributed by atoms with E-state index in [1.165, 1.54) is 0 Å². The molecule has 3 saturated carbocycles. The van der Waals surface area contributed by atoms with Gasteiger partial charge in [0.15, 0.2) is 0 Å². The van der Waals surface area contributed by atoms with Gasteiger partial charge < -0.3 is 45.9 Å². The van der Waals surface area contributed by atoms with E-state index in [1.54, 1.807) is 0 Å². The molecule has 8 rings (SSSR count). The molecule has 0 radical (unpaired) electrons. The van der Waals surface area contributed by atoms with Crippen LogP contribution in [0.15, 0.2) is 11.6 Å². The number of nitrogens with two attached hydrogens (primary N) is 3. The number of ketones is 1. The lowest BCUT2D eigenvalue weighted by atomic mass is 9.53. The van der Waals surface area contributed by atoms with E-state index in [0.717, 1.165) is 115 Å². The minimum Gasteiger partial charge on any atom is -0.456 e. The first kappa shape index (κ1) is 42.2. The van der Waals surface area contributed by atoms with Crippen LogP contribution in [0.5, 0.6) is 0 Å². The van der Waals surface area contributed by atoms with Gasteiger partial charge in [0.2, 0.25) is 0 Å². The van der Waals surface area contributed by atoms with Crippen LogP contribution in [0.3, 0.4) is 0 Å². The highest BCUT2D eigenvalue weighted by molar-refractivity contribution is 5.89. The molecule has 0 aromatic rings. The molecule has 5 aliphatic heterocycles. The highest BCUT2D eigenvalue weighted by Crippen LogP contribution is 2.58. The smallest absolute Gasteiger partial charge is 0.334 e. The number of nitrogens with one attached hydrogen (secondary N) is 1. The minimum absolute atomic E-state index is 0.0407. The van der Waals surface area contributed by atoms with Crippen molar-refractivity contribution in [2.75, 3.05) is 19.7 Å². The summed E-state index contributed by atoms with van der Waals surface area (Å²) in [5.41, 5.74) is 13.4. The Morgan fingerprint density at radius 3 is 2.47 bits per heavy atom. The Bertz CT molecular complexity index is 1440. The van der Waals surface area contributed by atoms with Gasteiger partial charge in [-0.05, 0) is 127 Å². The molecule has 5 saturated heterocycles. The summed E-state index contributed by atoms with van der Waals surface area (Å²) in [4.78, 5) is 28.6. The lowest BCUT2D eigenvalue weighted by Gasteiger charge is -2.62. The lowest BCUT2D eigenvalue weighted by Crippen LogP contribution is -2.95. The van der Waals surface area contributed by atoms with E-state index in [0.29, 0.717) is 18.3 Å². The van der Waals surface area contributed by atoms with Crippen molar-refractivity contribution in [3.05, 3.63) is 11.6 Å². The molecule has 0 aromatic carbocycles. The van der Waals surface area contributed by atoms with Gasteiger partial charge in [-0.1, -0.05) is 31.8 Å². The maximum absolute atomic E-state index is 14.4. The quantitative estimate of drug-likeness (QED) is 0.141. The molecular weight excluding hydrogens is 725 g/mol. The van der Waals surface area contributed by atoms with Crippen molar-refractivity contribution in [3.8, 4) is 0 Å². The molecular formula is C45H75N4O8+. The largest absolute Gasteiger partial charge is 0.456 e. The molecule has 322 valence electrons. The SMILES string of the molecule is CC=C(C(=O)OC1CC2C(O)C3C(=O)CC(CO)OC3C3C(CC4CCCC(O)C4)C4CCNC(N)C4CCC(CC4CCC(N)[NH2+]C4)C1(C)OC23)C1CCCC1. The molecule has 3 aliphatic carbocycles. The number of aliphatic hydroxyl groups is 3. The average molecular weight is 800 g/mol. The second-order valence-electron chi connectivity index (χ2n) is 20.2. The van der Waals surface area contributed by atoms with Gasteiger partial charge in [0.1, 0.15) is 23.7 Å². The second-order valence-corrected chi connectivity index (χ2v) is 20.2. The highest BCUT2D eigenvalue weighted by atomic mass is 16.6. The monoisotopic (exact) mass is 800 g/mol. The molecule has 8 aliphatic rings. The average Bonchev–Trinajstić information content (AvgIpc) is 3.72. The molecule has 8 fully saturated rings. The summed E-state index contributed by atoms with van der Waals surface area (Å²) >= 11 is 0. The van der Waals surface area contributed by atoms with Crippen molar-refractivity contribution in [2.24, 2.45) is 70.6 Å². The summed E-state index contributed by atoms with van der Waals surface area (Å²) in [6.07, 6.45) is 12.9. The molecule has 12 nitrogen and oxygen atoms in total. The van der Waals surface area contributed by atoms with E-state index in [2.05, 4.69) is 17.6 Å². The molecule has 18 unspecified atom stereocenters. The highest BCUT2D eigenvalue weighted by Gasteiger charge is 2.65. The predicted octanol–water partition coefficient (Wildman–Crippen LogP) is 2.65. The van der Waals surface area contributed by atoms with Crippen molar-refractivity contribution in [1.29, 1.82) is 0 Å². The fraction of sp³-hybridized carbons (Fsp3) is 0.911. The number of carbonyl (C=O) groups is 2. The van der Waals surface area contributed by atoms with E-state index in [4.69, 9.17) is 25.7 Å². The van der Waals surface area contributed by atoms with Crippen molar-refractivity contribution >= 4 is 11.8 Å². The topological polar surface area (TPSA) is 203 Å². The maximum Gasteiger partial charge on any atom is 0.334 e. The van der Waals surface area contributed by atoms with Crippen LogP contribution in [-0.2, 0) is 23.8 Å². The molecule has 0 amide bonds. The number of quaternary nitrogens is 1. The zero-order valence-electron chi connectivity index (χ0n) is 34.7. The molecule has 12 heteroatoms. The van der Waals surface area contributed by atoms with Crippen molar-refractivity contribution in [1.82, 2.24) is 5.32 Å².